The molecule has 1 saturated carbocycles. The quantitative estimate of drug-likeness (QED) is 0.689. The van der Waals surface area contributed by atoms with E-state index in [1.165, 1.54) is 5.56 Å². The lowest BCUT2D eigenvalue weighted by Crippen LogP contribution is -2.18. The van der Waals surface area contributed by atoms with Crippen LogP contribution >= 0.6 is 0 Å². The highest BCUT2D eigenvalue weighted by molar-refractivity contribution is 5.55. The summed E-state index contributed by atoms with van der Waals surface area (Å²) in [7, 11) is 1.96. The molecule has 1 fully saturated rings. The second-order valence-electron chi connectivity index (χ2n) is 6.38. The molecule has 7 heteroatoms. The van der Waals surface area contributed by atoms with Gasteiger partial charge in [0.05, 0.1) is 13.1 Å². The Morgan fingerprint density at radius 2 is 2.00 bits per heavy atom. The van der Waals surface area contributed by atoms with Gasteiger partial charge in [-0.2, -0.15) is 9.97 Å². The standard InChI is InChI=1S/C17H19N5O2/c1-11-4-3-5-13(8-11)16-19-15(23-21-16)10-22(2)9-14-18-17(24-20-14)12-6-7-12/h3-5,8,12H,6-7,9-10H2,1-2H3. The van der Waals surface area contributed by atoms with Crippen LogP contribution in [0, 0.1) is 6.92 Å². The number of hydrogen-bond acceptors (Lipinski definition) is 7. The zero-order valence-electron chi connectivity index (χ0n) is 13.8. The average Bonchev–Trinajstić information content (AvgIpc) is 3.13. The first kappa shape index (κ1) is 15.0. The van der Waals surface area contributed by atoms with Crippen LogP contribution < -0.4 is 0 Å². The largest absolute Gasteiger partial charge is 0.339 e. The smallest absolute Gasteiger partial charge is 0.241 e. The van der Waals surface area contributed by atoms with Crippen LogP contribution in [0.1, 0.15) is 41.9 Å². The Balaban J connectivity index is 1.39. The van der Waals surface area contributed by atoms with Gasteiger partial charge in [-0.3, -0.25) is 4.90 Å². The summed E-state index contributed by atoms with van der Waals surface area (Å²) >= 11 is 0. The van der Waals surface area contributed by atoms with Crippen LogP contribution in [-0.4, -0.2) is 32.2 Å². The zero-order valence-corrected chi connectivity index (χ0v) is 13.8. The Morgan fingerprint density at radius 3 is 2.79 bits per heavy atom. The van der Waals surface area contributed by atoms with Crippen molar-refractivity contribution in [3.8, 4) is 11.4 Å². The maximum atomic E-state index is 5.35. The molecular formula is C17H19N5O2. The molecule has 24 heavy (non-hydrogen) atoms. The number of nitrogens with zero attached hydrogens (tertiary/aromatic N) is 5. The molecule has 2 aromatic heterocycles. The number of aryl methyl sites for hydroxylation is 1. The van der Waals surface area contributed by atoms with E-state index in [4.69, 9.17) is 9.05 Å². The molecule has 0 spiro atoms. The molecule has 3 aromatic rings. The third-order valence-electron chi connectivity index (χ3n) is 3.97. The molecule has 0 aliphatic heterocycles. The van der Waals surface area contributed by atoms with Gasteiger partial charge >= 0.3 is 0 Å². The molecule has 0 atom stereocenters. The van der Waals surface area contributed by atoms with Crippen molar-refractivity contribution in [3.05, 3.63) is 47.4 Å². The maximum absolute atomic E-state index is 5.35. The Labute approximate surface area is 139 Å². The van der Waals surface area contributed by atoms with Gasteiger partial charge < -0.3 is 9.05 Å². The van der Waals surface area contributed by atoms with E-state index in [-0.39, 0.29) is 0 Å². The third-order valence-corrected chi connectivity index (χ3v) is 3.97. The lowest BCUT2D eigenvalue weighted by Gasteiger charge is -2.10. The topological polar surface area (TPSA) is 81.1 Å². The van der Waals surface area contributed by atoms with E-state index >= 15 is 0 Å². The molecule has 0 amide bonds. The summed E-state index contributed by atoms with van der Waals surface area (Å²) in [5.74, 6) is 3.11. The van der Waals surface area contributed by atoms with Crippen molar-refractivity contribution in [2.45, 2.75) is 38.8 Å². The lowest BCUT2D eigenvalue weighted by atomic mass is 10.1. The van der Waals surface area contributed by atoms with E-state index in [1.807, 2.05) is 43.1 Å². The minimum Gasteiger partial charge on any atom is -0.339 e. The van der Waals surface area contributed by atoms with Crippen LogP contribution in [0.5, 0.6) is 0 Å². The summed E-state index contributed by atoms with van der Waals surface area (Å²) in [6.45, 7) is 3.16. The maximum Gasteiger partial charge on any atom is 0.241 e. The lowest BCUT2D eigenvalue weighted by molar-refractivity contribution is 0.252. The number of hydrogen-bond donors (Lipinski definition) is 0. The van der Waals surface area contributed by atoms with Crippen molar-refractivity contribution in [2.75, 3.05) is 7.05 Å². The first-order valence-corrected chi connectivity index (χ1v) is 8.08. The highest BCUT2D eigenvalue weighted by Gasteiger charge is 2.29. The molecule has 0 N–H and O–H groups in total. The van der Waals surface area contributed by atoms with Crippen LogP contribution in [0.15, 0.2) is 33.3 Å². The molecule has 1 aromatic carbocycles. The van der Waals surface area contributed by atoms with E-state index in [2.05, 4.69) is 20.3 Å². The van der Waals surface area contributed by atoms with Gasteiger partial charge in [-0.15, -0.1) is 0 Å². The third kappa shape index (κ3) is 3.35. The van der Waals surface area contributed by atoms with Crippen molar-refractivity contribution >= 4 is 0 Å². The van der Waals surface area contributed by atoms with Crippen molar-refractivity contribution in [2.24, 2.45) is 0 Å². The fourth-order valence-corrected chi connectivity index (χ4v) is 2.58. The molecule has 1 aliphatic rings. The second-order valence-corrected chi connectivity index (χ2v) is 6.38. The molecule has 0 radical (unpaired) electrons. The normalized spacial score (nSPS) is 14.5. The summed E-state index contributed by atoms with van der Waals surface area (Å²) in [6.07, 6.45) is 2.31. The van der Waals surface area contributed by atoms with Crippen LogP contribution in [-0.2, 0) is 13.1 Å². The Hall–Kier alpha value is -2.54. The monoisotopic (exact) mass is 325 g/mol. The molecule has 2 heterocycles. The van der Waals surface area contributed by atoms with Gasteiger partial charge in [-0.05, 0) is 32.9 Å². The summed E-state index contributed by atoms with van der Waals surface area (Å²) in [5.41, 5.74) is 2.12. The number of aromatic nitrogens is 4. The van der Waals surface area contributed by atoms with Gasteiger partial charge in [-0.25, -0.2) is 0 Å². The fraction of sp³-hybridized carbons (Fsp3) is 0.412. The molecule has 0 saturated heterocycles. The molecule has 1 aliphatic carbocycles. The summed E-state index contributed by atoms with van der Waals surface area (Å²) < 4.78 is 10.6. The van der Waals surface area contributed by atoms with Crippen LogP contribution in [0.3, 0.4) is 0 Å². The molecule has 7 nitrogen and oxygen atoms in total. The molecule has 0 bridgehead atoms. The predicted octanol–water partition coefficient (Wildman–Crippen LogP) is 2.94. The van der Waals surface area contributed by atoms with E-state index in [0.29, 0.717) is 36.5 Å². The minimum atomic E-state index is 0.476. The van der Waals surface area contributed by atoms with Gasteiger partial charge in [0, 0.05) is 11.5 Å². The first-order valence-electron chi connectivity index (χ1n) is 8.08. The van der Waals surface area contributed by atoms with Gasteiger partial charge in [0.1, 0.15) is 0 Å². The molecule has 124 valence electrons. The van der Waals surface area contributed by atoms with E-state index in [0.717, 1.165) is 24.3 Å². The SMILES string of the molecule is Cc1cccc(-c2noc(CN(C)Cc3noc(C4CC4)n3)n2)c1. The van der Waals surface area contributed by atoms with Gasteiger partial charge in [0.2, 0.25) is 17.6 Å². The predicted molar refractivity (Wildman–Crippen MR) is 85.9 cm³/mol. The van der Waals surface area contributed by atoms with E-state index in [1.54, 1.807) is 0 Å². The number of benzene rings is 1. The summed E-state index contributed by atoms with van der Waals surface area (Å²) in [6, 6.07) is 8.04. The summed E-state index contributed by atoms with van der Waals surface area (Å²) in [4.78, 5) is 10.9. The fourth-order valence-electron chi connectivity index (χ4n) is 2.58. The molecule has 4 rings (SSSR count). The zero-order chi connectivity index (χ0) is 16.5. The highest BCUT2D eigenvalue weighted by atomic mass is 16.5. The average molecular weight is 325 g/mol. The van der Waals surface area contributed by atoms with Crippen LogP contribution in [0.2, 0.25) is 0 Å². The van der Waals surface area contributed by atoms with E-state index < -0.39 is 0 Å². The van der Waals surface area contributed by atoms with Gasteiger partial charge in [0.15, 0.2) is 5.82 Å². The van der Waals surface area contributed by atoms with Crippen molar-refractivity contribution in [3.63, 3.8) is 0 Å². The second kappa shape index (κ2) is 6.16. The summed E-state index contributed by atoms with van der Waals surface area (Å²) in [5, 5.41) is 8.09. The van der Waals surface area contributed by atoms with Gasteiger partial charge in [0.25, 0.3) is 0 Å². The first-order chi connectivity index (χ1) is 11.7. The highest BCUT2D eigenvalue weighted by Crippen LogP contribution is 2.38. The minimum absolute atomic E-state index is 0.476. The number of rotatable bonds is 6. The Bertz CT molecular complexity index is 837. The Kier molecular flexibility index (Phi) is 3.86. The molecule has 0 unspecified atom stereocenters. The Morgan fingerprint density at radius 1 is 1.12 bits per heavy atom. The van der Waals surface area contributed by atoms with Crippen LogP contribution in [0.4, 0.5) is 0 Å². The van der Waals surface area contributed by atoms with E-state index in [9.17, 15) is 0 Å². The molecular weight excluding hydrogens is 306 g/mol. The van der Waals surface area contributed by atoms with Gasteiger partial charge in [-0.1, -0.05) is 34.1 Å². The van der Waals surface area contributed by atoms with Crippen molar-refractivity contribution < 1.29 is 9.05 Å². The van der Waals surface area contributed by atoms with Crippen molar-refractivity contribution in [1.82, 2.24) is 25.2 Å². The van der Waals surface area contributed by atoms with Crippen molar-refractivity contribution in [1.29, 1.82) is 0 Å². The van der Waals surface area contributed by atoms with Crippen LogP contribution in [0.25, 0.3) is 11.4 Å².